The zero-order chi connectivity index (χ0) is 11.2. The first-order chi connectivity index (χ1) is 7.04. The van der Waals surface area contributed by atoms with Crippen LogP contribution in [-0.4, -0.2) is 5.78 Å². The number of benzene rings is 1. The summed E-state index contributed by atoms with van der Waals surface area (Å²) in [5.74, 6) is -0.164. The predicted octanol–water partition coefficient (Wildman–Crippen LogP) is 2.21. The van der Waals surface area contributed by atoms with Gasteiger partial charge in [0.25, 0.3) is 0 Å². The molecule has 0 amide bonds. The number of hydrogen-bond acceptors (Lipinski definition) is 1. The molecule has 1 aromatic rings. The van der Waals surface area contributed by atoms with Gasteiger partial charge in [0, 0.05) is 12.0 Å². The minimum atomic E-state index is -0.311. The first-order valence-electron chi connectivity index (χ1n) is 5.66. The zero-order valence-corrected chi connectivity index (χ0v) is 6.03. The van der Waals surface area contributed by atoms with Crippen LogP contribution >= 0.6 is 0 Å². The van der Waals surface area contributed by atoms with Crippen molar-refractivity contribution in [3.8, 4) is 0 Å². The standard InChI is InChI=1S/C10H10O/c11-10-7-3-5-8-4-1-2-6-9(8)10/h1-2,4,6H,3,5,7H2/i1D,2D,4D,6D. The number of ketones is 1. The Bertz CT molecular complexity index is 453. The number of carbonyl (C=O) groups is 1. The van der Waals surface area contributed by atoms with E-state index in [2.05, 4.69) is 0 Å². The molecule has 0 N–H and O–H groups in total. The molecule has 0 unspecified atom stereocenters. The summed E-state index contributed by atoms with van der Waals surface area (Å²) in [7, 11) is 0. The summed E-state index contributed by atoms with van der Waals surface area (Å²) in [6.07, 6.45) is 1.63. The van der Waals surface area contributed by atoms with Gasteiger partial charge in [0.05, 0.1) is 5.48 Å². The van der Waals surface area contributed by atoms with E-state index in [0.29, 0.717) is 24.8 Å². The minimum absolute atomic E-state index is 0.0564. The van der Waals surface area contributed by atoms with E-state index in [9.17, 15) is 4.79 Å². The summed E-state index contributed by atoms with van der Waals surface area (Å²) in [6, 6.07) is -0.794. The van der Waals surface area contributed by atoms with Gasteiger partial charge in [0.2, 0.25) is 0 Å². The molecule has 0 fully saturated rings. The maximum atomic E-state index is 11.6. The summed E-state index contributed by atoms with van der Waals surface area (Å²) in [4.78, 5) is 11.6. The van der Waals surface area contributed by atoms with Gasteiger partial charge in [-0.15, -0.1) is 0 Å². The van der Waals surface area contributed by atoms with Gasteiger partial charge in [0.15, 0.2) is 5.78 Å². The van der Waals surface area contributed by atoms with Crippen molar-refractivity contribution >= 4 is 5.78 Å². The SMILES string of the molecule is [2H]c1c([2H])c([2H])c2c(c1[2H])CCCC2=O. The van der Waals surface area contributed by atoms with Crippen LogP contribution in [0.2, 0.25) is 0 Å². The fourth-order valence-corrected chi connectivity index (χ4v) is 1.31. The molecule has 0 spiro atoms. The van der Waals surface area contributed by atoms with E-state index in [1.165, 1.54) is 0 Å². The third-order valence-electron chi connectivity index (χ3n) is 1.87. The third kappa shape index (κ3) is 1.07. The van der Waals surface area contributed by atoms with Crippen molar-refractivity contribution in [3.05, 3.63) is 35.3 Å². The Balaban J connectivity index is 2.80. The first kappa shape index (κ1) is 3.53. The lowest BCUT2D eigenvalue weighted by Crippen LogP contribution is -2.09. The number of hydrogen-bond donors (Lipinski definition) is 0. The van der Waals surface area contributed by atoms with Crippen LogP contribution in [0.3, 0.4) is 0 Å². The molecule has 56 valence electrons. The molecule has 0 aromatic heterocycles. The van der Waals surface area contributed by atoms with Gasteiger partial charge in [-0.1, -0.05) is 24.2 Å². The van der Waals surface area contributed by atoms with Crippen LogP contribution in [0.25, 0.3) is 0 Å². The summed E-state index contributed by atoms with van der Waals surface area (Å²) in [6.45, 7) is 0. The highest BCUT2D eigenvalue weighted by Gasteiger charge is 2.14. The Morgan fingerprint density at radius 2 is 2.09 bits per heavy atom. The van der Waals surface area contributed by atoms with Gasteiger partial charge in [0.1, 0.15) is 0 Å². The highest BCUT2D eigenvalue weighted by Crippen LogP contribution is 2.19. The summed E-state index contributed by atoms with van der Waals surface area (Å²) >= 11 is 0. The van der Waals surface area contributed by atoms with Crippen LogP contribution in [-0.2, 0) is 6.42 Å². The molecular weight excluding hydrogens is 136 g/mol. The van der Waals surface area contributed by atoms with Gasteiger partial charge in [-0.25, -0.2) is 0 Å². The summed E-state index contributed by atoms with van der Waals surface area (Å²) < 4.78 is 30.2. The number of rotatable bonds is 0. The molecule has 0 saturated heterocycles. The largest absolute Gasteiger partial charge is 0.294 e. The van der Waals surface area contributed by atoms with Crippen molar-refractivity contribution < 1.29 is 10.3 Å². The van der Waals surface area contributed by atoms with E-state index in [4.69, 9.17) is 5.48 Å². The van der Waals surface area contributed by atoms with Gasteiger partial charge < -0.3 is 0 Å². The van der Waals surface area contributed by atoms with E-state index in [-0.39, 0.29) is 35.5 Å². The molecule has 1 aromatic carbocycles. The van der Waals surface area contributed by atoms with E-state index in [1.807, 2.05) is 0 Å². The number of fused-ring (bicyclic) bond motifs is 1. The predicted molar refractivity (Wildman–Crippen MR) is 43.7 cm³/mol. The molecule has 0 bridgehead atoms. The lowest BCUT2D eigenvalue weighted by atomic mass is 9.91. The van der Waals surface area contributed by atoms with Crippen LogP contribution in [0.5, 0.6) is 0 Å². The molecule has 1 nitrogen and oxygen atoms in total. The second-order valence-electron chi connectivity index (χ2n) is 2.63. The van der Waals surface area contributed by atoms with Crippen molar-refractivity contribution in [2.24, 2.45) is 0 Å². The maximum Gasteiger partial charge on any atom is 0.163 e. The Morgan fingerprint density at radius 1 is 1.27 bits per heavy atom. The van der Waals surface area contributed by atoms with Crippen molar-refractivity contribution in [1.29, 1.82) is 0 Å². The summed E-state index contributed by atoms with van der Waals surface area (Å²) in [5.41, 5.74) is 0.685. The van der Waals surface area contributed by atoms with Crippen molar-refractivity contribution in [2.75, 3.05) is 0 Å². The highest BCUT2D eigenvalue weighted by molar-refractivity contribution is 5.98. The monoisotopic (exact) mass is 150 g/mol. The van der Waals surface area contributed by atoms with E-state index in [0.717, 1.165) is 0 Å². The molecule has 0 aliphatic heterocycles. The molecule has 0 heterocycles. The van der Waals surface area contributed by atoms with Gasteiger partial charge >= 0.3 is 0 Å². The van der Waals surface area contributed by atoms with Crippen LogP contribution in [0.4, 0.5) is 0 Å². The average Bonchev–Trinajstić information content (AvgIpc) is 2.23. The topological polar surface area (TPSA) is 17.1 Å². The van der Waals surface area contributed by atoms with Crippen LogP contribution < -0.4 is 0 Å². The smallest absolute Gasteiger partial charge is 0.163 e. The second kappa shape index (κ2) is 2.50. The molecule has 11 heavy (non-hydrogen) atoms. The Hall–Kier alpha value is -1.11. The molecule has 0 radical (unpaired) electrons. The number of Topliss-reactive ketones (excluding diaryl/α,β-unsaturated/α-hetero) is 1. The summed E-state index contributed by atoms with van der Waals surface area (Å²) in [5, 5.41) is 0. The molecule has 1 aliphatic rings. The van der Waals surface area contributed by atoms with Crippen molar-refractivity contribution in [3.63, 3.8) is 0 Å². The number of carbonyl (C=O) groups excluding carboxylic acids is 1. The van der Waals surface area contributed by atoms with Gasteiger partial charge in [-0.3, -0.25) is 4.79 Å². The molecular formula is C10H10O. The molecule has 1 aliphatic carbocycles. The van der Waals surface area contributed by atoms with Crippen LogP contribution in [0.15, 0.2) is 24.2 Å². The Morgan fingerprint density at radius 3 is 3.00 bits per heavy atom. The molecule has 0 saturated carbocycles. The Kier molecular flexibility index (Phi) is 0.800. The average molecular weight is 150 g/mol. The Labute approximate surface area is 71.7 Å². The van der Waals surface area contributed by atoms with Crippen LogP contribution in [0, 0.1) is 0 Å². The lowest BCUT2D eigenvalue weighted by molar-refractivity contribution is 0.0972. The highest BCUT2D eigenvalue weighted by atomic mass is 16.1. The zero-order valence-electron chi connectivity index (χ0n) is 10.0. The van der Waals surface area contributed by atoms with Gasteiger partial charge in [-0.05, 0) is 18.4 Å². The first-order valence-corrected chi connectivity index (χ1v) is 3.66. The van der Waals surface area contributed by atoms with Crippen molar-refractivity contribution in [1.82, 2.24) is 0 Å². The maximum absolute atomic E-state index is 11.6. The molecule has 1 heteroatoms. The van der Waals surface area contributed by atoms with Gasteiger partial charge in [-0.2, -0.15) is 0 Å². The van der Waals surface area contributed by atoms with Crippen molar-refractivity contribution in [2.45, 2.75) is 19.3 Å². The third-order valence-corrected chi connectivity index (χ3v) is 1.87. The normalized spacial score (nSPS) is 21.3. The molecule has 0 atom stereocenters. The fourth-order valence-electron chi connectivity index (χ4n) is 1.31. The molecule has 2 rings (SSSR count). The lowest BCUT2D eigenvalue weighted by Gasteiger charge is -2.12. The van der Waals surface area contributed by atoms with Crippen LogP contribution in [0.1, 0.15) is 34.2 Å². The van der Waals surface area contributed by atoms with E-state index >= 15 is 0 Å². The van der Waals surface area contributed by atoms with E-state index in [1.54, 1.807) is 0 Å². The minimum Gasteiger partial charge on any atom is -0.294 e. The second-order valence-corrected chi connectivity index (χ2v) is 2.63. The van der Waals surface area contributed by atoms with E-state index < -0.39 is 0 Å². The fraction of sp³-hybridized carbons (Fsp3) is 0.300. The quantitative estimate of drug-likeness (QED) is 0.554.